The minimum Gasteiger partial charge on any atom is -0.493 e. The molecule has 23 heavy (non-hydrogen) atoms. The number of carbonyl (C=O) groups is 1. The third-order valence-corrected chi connectivity index (χ3v) is 3.44. The molecule has 0 aliphatic rings. The molecule has 5 heteroatoms. The molecule has 0 unspecified atom stereocenters. The number of amides is 1. The van der Waals surface area contributed by atoms with Crippen LogP contribution in [0, 0.1) is 6.92 Å². The van der Waals surface area contributed by atoms with Crippen LogP contribution in [0.5, 0.6) is 11.5 Å². The quantitative estimate of drug-likeness (QED) is 0.681. The number of carbonyl (C=O) groups excluding carboxylic acids is 1. The smallest absolute Gasteiger partial charge is 0.271 e. The number of nitrogens with zero attached hydrogens (tertiary/aromatic N) is 1. The highest BCUT2D eigenvalue weighted by Gasteiger charge is 2.08. The molecule has 1 amide bonds. The van der Waals surface area contributed by atoms with Gasteiger partial charge in [0.2, 0.25) is 0 Å². The van der Waals surface area contributed by atoms with E-state index in [0.29, 0.717) is 22.8 Å². The number of ether oxygens (including phenoxy) is 2. The van der Waals surface area contributed by atoms with E-state index in [1.54, 1.807) is 32.4 Å². The van der Waals surface area contributed by atoms with Gasteiger partial charge in [0.25, 0.3) is 5.91 Å². The molecule has 0 aliphatic carbocycles. The highest BCUT2D eigenvalue weighted by molar-refractivity contribution is 6.01. The summed E-state index contributed by atoms with van der Waals surface area (Å²) in [6, 6.07) is 12.8. The van der Waals surface area contributed by atoms with Gasteiger partial charge in [0.1, 0.15) is 0 Å². The number of hydrogen-bond acceptors (Lipinski definition) is 4. The van der Waals surface area contributed by atoms with Gasteiger partial charge in [-0.3, -0.25) is 4.79 Å². The van der Waals surface area contributed by atoms with E-state index in [-0.39, 0.29) is 5.91 Å². The van der Waals surface area contributed by atoms with Gasteiger partial charge < -0.3 is 9.47 Å². The topological polar surface area (TPSA) is 59.9 Å². The van der Waals surface area contributed by atoms with Gasteiger partial charge in [0.15, 0.2) is 11.5 Å². The van der Waals surface area contributed by atoms with Gasteiger partial charge in [0, 0.05) is 11.1 Å². The van der Waals surface area contributed by atoms with Crippen molar-refractivity contribution in [2.75, 3.05) is 14.2 Å². The first-order valence-electron chi connectivity index (χ1n) is 7.19. The van der Waals surface area contributed by atoms with Gasteiger partial charge in [0.05, 0.1) is 19.9 Å². The largest absolute Gasteiger partial charge is 0.493 e. The maximum absolute atomic E-state index is 12.1. The van der Waals surface area contributed by atoms with E-state index >= 15 is 0 Å². The van der Waals surface area contributed by atoms with E-state index in [9.17, 15) is 4.79 Å². The Hall–Kier alpha value is -2.82. The molecule has 120 valence electrons. The van der Waals surface area contributed by atoms with Gasteiger partial charge in [-0.05, 0) is 44.2 Å². The standard InChI is InChI=1S/C18H20N2O3/c1-12-5-7-14(8-6-12)18(21)20-19-13(2)15-9-10-16(22-3)17(11-15)23-4/h5-11H,1-4H3,(H,20,21). The van der Waals surface area contributed by atoms with Crippen molar-refractivity contribution in [2.24, 2.45) is 5.10 Å². The predicted octanol–water partition coefficient (Wildman–Crippen LogP) is 3.17. The van der Waals surface area contributed by atoms with Crippen molar-refractivity contribution in [3.05, 3.63) is 59.2 Å². The molecule has 0 atom stereocenters. The average Bonchev–Trinajstić information content (AvgIpc) is 2.59. The summed E-state index contributed by atoms with van der Waals surface area (Å²) in [4.78, 5) is 12.1. The minimum atomic E-state index is -0.246. The van der Waals surface area contributed by atoms with Crippen molar-refractivity contribution in [1.29, 1.82) is 0 Å². The molecule has 0 fully saturated rings. The van der Waals surface area contributed by atoms with Crippen molar-refractivity contribution in [1.82, 2.24) is 5.43 Å². The Labute approximate surface area is 135 Å². The van der Waals surface area contributed by atoms with Crippen molar-refractivity contribution >= 4 is 11.6 Å². The summed E-state index contributed by atoms with van der Waals surface area (Å²) < 4.78 is 10.5. The first-order valence-corrected chi connectivity index (χ1v) is 7.19. The number of rotatable bonds is 5. The molecule has 0 saturated heterocycles. The molecule has 1 N–H and O–H groups in total. The average molecular weight is 312 g/mol. The normalized spacial score (nSPS) is 11.0. The second-order valence-electron chi connectivity index (χ2n) is 5.07. The second kappa shape index (κ2) is 7.45. The molecule has 2 aromatic rings. The molecular weight excluding hydrogens is 292 g/mol. The van der Waals surface area contributed by atoms with Crippen LogP contribution in [0.15, 0.2) is 47.6 Å². The first kappa shape index (κ1) is 16.5. The number of methoxy groups -OCH3 is 2. The number of hydrogen-bond donors (Lipinski definition) is 1. The lowest BCUT2D eigenvalue weighted by Gasteiger charge is -2.09. The van der Waals surface area contributed by atoms with Crippen LogP contribution in [-0.2, 0) is 0 Å². The van der Waals surface area contributed by atoms with Crippen LogP contribution in [0.1, 0.15) is 28.4 Å². The summed E-state index contributed by atoms with van der Waals surface area (Å²) in [5.41, 5.74) is 5.74. The van der Waals surface area contributed by atoms with Crippen molar-refractivity contribution in [2.45, 2.75) is 13.8 Å². The van der Waals surface area contributed by atoms with E-state index < -0.39 is 0 Å². The summed E-state index contributed by atoms with van der Waals surface area (Å²) in [6.07, 6.45) is 0. The van der Waals surface area contributed by atoms with E-state index in [1.165, 1.54) is 0 Å². The Kier molecular flexibility index (Phi) is 5.36. The van der Waals surface area contributed by atoms with Crippen LogP contribution in [0.2, 0.25) is 0 Å². The van der Waals surface area contributed by atoms with E-state index in [2.05, 4.69) is 10.5 Å². The Morgan fingerprint density at radius 1 is 0.957 bits per heavy atom. The Morgan fingerprint density at radius 3 is 2.17 bits per heavy atom. The highest BCUT2D eigenvalue weighted by atomic mass is 16.5. The highest BCUT2D eigenvalue weighted by Crippen LogP contribution is 2.27. The van der Waals surface area contributed by atoms with Crippen LogP contribution < -0.4 is 14.9 Å². The Bertz CT molecular complexity index is 722. The van der Waals surface area contributed by atoms with Crippen LogP contribution in [0.25, 0.3) is 0 Å². The summed E-state index contributed by atoms with van der Waals surface area (Å²) >= 11 is 0. The molecule has 0 bridgehead atoms. The van der Waals surface area contributed by atoms with Crippen molar-refractivity contribution in [3.8, 4) is 11.5 Å². The molecular formula is C18H20N2O3. The minimum absolute atomic E-state index is 0.246. The molecule has 0 heterocycles. The van der Waals surface area contributed by atoms with Crippen LogP contribution >= 0.6 is 0 Å². The third kappa shape index (κ3) is 4.10. The first-order chi connectivity index (χ1) is 11.0. The van der Waals surface area contributed by atoms with Gasteiger partial charge in [-0.2, -0.15) is 5.10 Å². The summed E-state index contributed by atoms with van der Waals surface area (Å²) in [6.45, 7) is 3.79. The molecule has 5 nitrogen and oxygen atoms in total. The van der Waals surface area contributed by atoms with Crippen LogP contribution in [-0.4, -0.2) is 25.8 Å². The number of aryl methyl sites for hydroxylation is 1. The van der Waals surface area contributed by atoms with E-state index in [0.717, 1.165) is 11.1 Å². The molecule has 0 radical (unpaired) electrons. The second-order valence-corrected chi connectivity index (χ2v) is 5.07. The lowest BCUT2D eigenvalue weighted by atomic mass is 10.1. The van der Waals surface area contributed by atoms with E-state index in [1.807, 2.05) is 38.1 Å². The lowest BCUT2D eigenvalue weighted by molar-refractivity contribution is 0.0955. The Morgan fingerprint density at radius 2 is 1.57 bits per heavy atom. The zero-order chi connectivity index (χ0) is 16.8. The fourth-order valence-corrected chi connectivity index (χ4v) is 2.03. The molecule has 0 spiro atoms. The van der Waals surface area contributed by atoms with Crippen LogP contribution in [0.4, 0.5) is 0 Å². The molecule has 2 rings (SSSR count). The monoisotopic (exact) mass is 312 g/mol. The van der Waals surface area contributed by atoms with Crippen molar-refractivity contribution < 1.29 is 14.3 Å². The van der Waals surface area contributed by atoms with Crippen LogP contribution in [0.3, 0.4) is 0 Å². The molecule has 0 aliphatic heterocycles. The third-order valence-electron chi connectivity index (χ3n) is 3.44. The fraction of sp³-hybridized carbons (Fsp3) is 0.222. The molecule has 2 aromatic carbocycles. The van der Waals surface area contributed by atoms with Gasteiger partial charge in [-0.25, -0.2) is 5.43 Å². The molecule has 0 saturated carbocycles. The SMILES string of the molecule is COc1ccc(C(C)=NNC(=O)c2ccc(C)cc2)cc1OC. The maximum Gasteiger partial charge on any atom is 0.271 e. The zero-order valence-corrected chi connectivity index (χ0v) is 13.7. The maximum atomic E-state index is 12.1. The van der Waals surface area contributed by atoms with Gasteiger partial charge in [-0.15, -0.1) is 0 Å². The number of nitrogens with one attached hydrogen (secondary N) is 1. The number of benzene rings is 2. The zero-order valence-electron chi connectivity index (χ0n) is 13.7. The lowest BCUT2D eigenvalue weighted by Crippen LogP contribution is -2.19. The van der Waals surface area contributed by atoms with Gasteiger partial charge in [-0.1, -0.05) is 17.7 Å². The summed E-state index contributed by atoms with van der Waals surface area (Å²) in [5, 5.41) is 4.14. The summed E-state index contributed by atoms with van der Waals surface area (Å²) in [5.74, 6) is 1.02. The Balaban J connectivity index is 2.13. The predicted molar refractivity (Wildman–Crippen MR) is 90.4 cm³/mol. The van der Waals surface area contributed by atoms with E-state index in [4.69, 9.17) is 9.47 Å². The van der Waals surface area contributed by atoms with Crippen molar-refractivity contribution in [3.63, 3.8) is 0 Å². The number of hydrazone groups is 1. The van der Waals surface area contributed by atoms with Gasteiger partial charge >= 0.3 is 0 Å². The summed E-state index contributed by atoms with van der Waals surface area (Å²) in [7, 11) is 3.16. The fourth-order valence-electron chi connectivity index (χ4n) is 2.03. The molecule has 0 aromatic heterocycles.